The molecular weight excluding hydrogens is 268 g/mol. The number of aliphatic imine (C=N–C) groups is 2. The Kier molecular flexibility index (Phi) is 7.23. The summed E-state index contributed by atoms with van der Waals surface area (Å²) in [5.41, 5.74) is 0.810. The van der Waals surface area contributed by atoms with E-state index in [0.717, 1.165) is 0 Å². The second-order valence-corrected chi connectivity index (χ2v) is 5.52. The first-order valence-corrected chi connectivity index (χ1v) is 6.98. The summed E-state index contributed by atoms with van der Waals surface area (Å²) in [6.45, 7) is 17.4. The molecule has 0 unspecified atom stereocenters. The normalized spacial score (nSPS) is 12.1. The standard InChI is InChI=1S/C12H16N2O2S2/c1-7(9(3)15)13-11(5)17-18-12(6)14-8(2)10(4)16/h15-16H,3-6H2,1-2H3/b13-7-,14-8-. The van der Waals surface area contributed by atoms with Gasteiger partial charge in [-0.1, -0.05) is 26.3 Å². The Morgan fingerprint density at radius 1 is 0.778 bits per heavy atom. The van der Waals surface area contributed by atoms with Gasteiger partial charge in [0.25, 0.3) is 0 Å². The Labute approximate surface area is 115 Å². The highest BCUT2D eigenvalue weighted by Crippen LogP contribution is 2.36. The van der Waals surface area contributed by atoms with E-state index in [4.69, 9.17) is 10.2 Å². The van der Waals surface area contributed by atoms with Crippen LogP contribution < -0.4 is 0 Å². The molecule has 2 N–H and O–H groups in total. The molecule has 0 aliphatic heterocycles. The van der Waals surface area contributed by atoms with Crippen LogP contribution >= 0.6 is 21.6 Å². The van der Waals surface area contributed by atoms with Crippen LogP contribution in [0.3, 0.4) is 0 Å². The van der Waals surface area contributed by atoms with Gasteiger partial charge in [-0.2, -0.15) is 0 Å². The third-order valence-corrected chi connectivity index (χ3v) is 3.71. The van der Waals surface area contributed by atoms with Crippen LogP contribution in [0.25, 0.3) is 0 Å². The Morgan fingerprint density at radius 2 is 1.06 bits per heavy atom. The summed E-state index contributed by atoms with van der Waals surface area (Å²) < 4.78 is 0. The lowest BCUT2D eigenvalue weighted by atomic mass is 10.4. The average Bonchev–Trinajstić information content (AvgIpc) is 2.25. The molecule has 4 nitrogen and oxygen atoms in total. The Hall–Kier alpha value is -1.40. The summed E-state index contributed by atoms with van der Waals surface area (Å²) in [5, 5.41) is 19.1. The topological polar surface area (TPSA) is 65.2 Å². The van der Waals surface area contributed by atoms with Crippen LogP contribution in [0.5, 0.6) is 0 Å². The molecule has 0 aromatic rings. The predicted molar refractivity (Wildman–Crippen MR) is 83.2 cm³/mol. The van der Waals surface area contributed by atoms with Gasteiger partial charge >= 0.3 is 0 Å². The van der Waals surface area contributed by atoms with Crippen molar-refractivity contribution in [2.24, 2.45) is 9.98 Å². The summed E-state index contributed by atoms with van der Waals surface area (Å²) in [6.07, 6.45) is 0. The van der Waals surface area contributed by atoms with Crippen molar-refractivity contribution in [1.82, 2.24) is 0 Å². The van der Waals surface area contributed by atoms with Gasteiger partial charge in [0.15, 0.2) is 0 Å². The zero-order valence-electron chi connectivity index (χ0n) is 10.4. The highest BCUT2D eigenvalue weighted by Gasteiger charge is 2.02. The molecule has 0 saturated carbocycles. The fourth-order valence-electron chi connectivity index (χ4n) is 0.637. The minimum atomic E-state index is -0.0916. The third kappa shape index (κ3) is 7.03. The minimum Gasteiger partial charge on any atom is -0.507 e. The summed E-state index contributed by atoms with van der Waals surface area (Å²) >= 11 is 0. The van der Waals surface area contributed by atoms with E-state index in [9.17, 15) is 0 Å². The maximum absolute atomic E-state index is 9.07. The number of aliphatic hydroxyl groups excluding tert-OH is 2. The van der Waals surface area contributed by atoms with Crippen LogP contribution in [0.2, 0.25) is 0 Å². The monoisotopic (exact) mass is 284 g/mol. The van der Waals surface area contributed by atoms with Crippen molar-refractivity contribution < 1.29 is 10.2 Å². The molecule has 0 atom stereocenters. The molecule has 0 spiro atoms. The predicted octanol–water partition coefficient (Wildman–Crippen LogP) is 4.38. The van der Waals surface area contributed by atoms with Crippen LogP contribution in [0, 0.1) is 0 Å². The summed E-state index contributed by atoms with van der Waals surface area (Å²) in [7, 11) is 2.50. The van der Waals surface area contributed by atoms with Gasteiger partial charge in [-0.05, 0) is 35.4 Å². The number of hydrogen-bond donors (Lipinski definition) is 2. The third-order valence-electron chi connectivity index (χ3n) is 1.65. The van der Waals surface area contributed by atoms with E-state index in [0.29, 0.717) is 21.5 Å². The molecule has 0 radical (unpaired) electrons. The molecule has 0 saturated heterocycles. The van der Waals surface area contributed by atoms with E-state index in [1.54, 1.807) is 13.8 Å². The second-order valence-electron chi connectivity index (χ2n) is 3.24. The Bertz CT molecular complexity index is 409. The van der Waals surface area contributed by atoms with Crippen LogP contribution in [0.1, 0.15) is 13.8 Å². The van der Waals surface area contributed by atoms with E-state index < -0.39 is 0 Å². The van der Waals surface area contributed by atoms with Gasteiger partial charge in [0.2, 0.25) is 0 Å². The fourth-order valence-corrected chi connectivity index (χ4v) is 1.98. The number of nitrogens with zero attached hydrogens (tertiary/aromatic N) is 2. The van der Waals surface area contributed by atoms with Gasteiger partial charge in [0.1, 0.15) is 21.6 Å². The molecule has 0 fully saturated rings. The first-order chi connectivity index (χ1) is 8.23. The van der Waals surface area contributed by atoms with E-state index in [2.05, 4.69) is 36.3 Å². The van der Waals surface area contributed by atoms with Gasteiger partial charge in [-0.25, -0.2) is 9.98 Å². The first kappa shape index (κ1) is 16.6. The van der Waals surface area contributed by atoms with Crippen molar-refractivity contribution in [3.8, 4) is 0 Å². The van der Waals surface area contributed by atoms with Gasteiger partial charge in [0, 0.05) is 0 Å². The average molecular weight is 284 g/mol. The van der Waals surface area contributed by atoms with Crippen LogP contribution in [-0.2, 0) is 0 Å². The quantitative estimate of drug-likeness (QED) is 0.414. The lowest BCUT2D eigenvalue weighted by Crippen LogP contribution is -1.94. The largest absolute Gasteiger partial charge is 0.507 e. The molecule has 98 valence electrons. The highest BCUT2D eigenvalue weighted by atomic mass is 33.1. The highest BCUT2D eigenvalue weighted by molar-refractivity contribution is 8.79. The van der Waals surface area contributed by atoms with Crippen molar-refractivity contribution in [2.75, 3.05) is 0 Å². The molecule has 6 heteroatoms. The van der Waals surface area contributed by atoms with E-state index >= 15 is 0 Å². The second kappa shape index (κ2) is 7.84. The zero-order chi connectivity index (χ0) is 14.3. The fraction of sp³-hybridized carbons (Fsp3) is 0.167. The SMILES string of the molecule is C=C(/N=C(/C)C(=C)O)SSC(=C)/N=C(/C)C(=C)O. The number of rotatable bonds is 7. The molecule has 0 rings (SSSR count). The number of allylic oxidation sites excluding steroid dienone is 2. The Balaban J connectivity index is 4.36. The summed E-state index contributed by atoms with van der Waals surface area (Å²) in [5.74, 6) is -0.183. The lowest BCUT2D eigenvalue weighted by molar-refractivity contribution is 0.445. The van der Waals surface area contributed by atoms with E-state index in [1.165, 1.54) is 21.6 Å². The van der Waals surface area contributed by atoms with Crippen molar-refractivity contribution in [1.29, 1.82) is 0 Å². The van der Waals surface area contributed by atoms with Gasteiger partial charge in [-0.3, -0.25) is 0 Å². The molecule has 0 heterocycles. The van der Waals surface area contributed by atoms with Crippen LogP contribution in [0.4, 0.5) is 0 Å². The summed E-state index contributed by atoms with van der Waals surface area (Å²) in [6, 6.07) is 0. The van der Waals surface area contributed by atoms with E-state index in [1.807, 2.05) is 0 Å². The molecule has 0 aliphatic rings. The van der Waals surface area contributed by atoms with Crippen LogP contribution in [-0.4, -0.2) is 21.6 Å². The zero-order valence-corrected chi connectivity index (χ0v) is 12.1. The van der Waals surface area contributed by atoms with Crippen molar-refractivity contribution in [3.05, 3.63) is 47.9 Å². The van der Waals surface area contributed by atoms with Crippen molar-refractivity contribution in [2.45, 2.75) is 13.8 Å². The molecule has 0 amide bonds. The first-order valence-electron chi connectivity index (χ1n) is 4.83. The molecular formula is C12H16N2O2S2. The van der Waals surface area contributed by atoms with Gasteiger partial charge in [-0.15, -0.1) is 0 Å². The minimum absolute atomic E-state index is 0.0916. The maximum atomic E-state index is 9.07. The summed E-state index contributed by atoms with van der Waals surface area (Å²) in [4.78, 5) is 8.04. The lowest BCUT2D eigenvalue weighted by Gasteiger charge is -2.02. The molecule has 0 aliphatic carbocycles. The van der Waals surface area contributed by atoms with Crippen molar-refractivity contribution >= 4 is 33.0 Å². The van der Waals surface area contributed by atoms with Crippen LogP contribution in [0.15, 0.2) is 57.9 Å². The van der Waals surface area contributed by atoms with Gasteiger partial charge < -0.3 is 10.2 Å². The van der Waals surface area contributed by atoms with E-state index in [-0.39, 0.29) is 11.5 Å². The maximum Gasteiger partial charge on any atom is 0.129 e. The smallest absolute Gasteiger partial charge is 0.129 e. The number of hydrogen-bond acceptors (Lipinski definition) is 6. The van der Waals surface area contributed by atoms with Gasteiger partial charge in [0.05, 0.1) is 11.4 Å². The number of aliphatic hydroxyl groups is 2. The molecule has 0 bridgehead atoms. The molecule has 0 aromatic heterocycles. The van der Waals surface area contributed by atoms with Crippen molar-refractivity contribution in [3.63, 3.8) is 0 Å². The molecule has 0 aromatic carbocycles. The Morgan fingerprint density at radius 3 is 1.28 bits per heavy atom. The molecule has 18 heavy (non-hydrogen) atoms.